The van der Waals surface area contributed by atoms with Crippen molar-refractivity contribution < 1.29 is 9.59 Å². The van der Waals surface area contributed by atoms with Gasteiger partial charge in [0.2, 0.25) is 0 Å². The van der Waals surface area contributed by atoms with E-state index < -0.39 is 11.8 Å². The molecule has 4 nitrogen and oxygen atoms in total. The maximum Gasteiger partial charge on any atom is 0.282 e. The Morgan fingerprint density at radius 3 is 2.27 bits per heavy atom. The van der Waals surface area contributed by atoms with E-state index in [0.717, 1.165) is 27.3 Å². The third-order valence-corrected chi connectivity index (χ3v) is 5.58. The fourth-order valence-electron chi connectivity index (χ4n) is 3.53. The van der Waals surface area contributed by atoms with Gasteiger partial charge in [-0.25, -0.2) is 4.90 Å². The van der Waals surface area contributed by atoms with E-state index in [1.165, 1.54) is 0 Å². The second kappa shape index (κ2) is 7.81. The largest absolute Gasteiger partial charge is 0.350 e. The minimum absolute atomic E-state index is 0.244. The molecule has 0 aromatic heterocycles. The average molecular weight is 417 g/mol. The first-order valence-corrected chi connectivity index (χ1v) is 10.0. The first-order valence-electron chi connectivity index (χ1n) is 9.65. The van der Waals surface area contributed by atoms with Crippen LogP contribution in [0, 0.1) is 20.8 Å². The lowest BCUT2D eigenvalue weighted by Gasteiger charge is -2.16. The Balaban J connectivity index is 1.87. The van der Waals surface area contributed by atoms with Gasteiger partial charge in [-0.15, -0.1) is 0 Å². The number of halogens is 1. The van der Waals surface area contributed by atoms with E-state index in [2.05, 4.69) is 5.32 Å². The Hall–Kier alpha value is -3.37. The second-order valence-corrected chi connectivity index (χ2v) is 7.85. The highest BCUT2D eigenvalue weighted by Crippen LogP contribution is 2.37. The first-order chi connectivity index (χ1) is 14.4. The number of hydrogen-bond donors (Lipinski definition) is 1. The van der Waals surface area contributed by atoms with Crippen molar-refractivity contribution in [3.05, 3.63) is 99.7 Å². The normalized spacial score (nSPS) is 13.9. The van der Waals surface area contributed by atoms with Crippen molar-refractivity contribution in [3.63, 3.8) is 0 Å². The molecule has 1 N–H and O–H groups in total. The number of aryl methyl sites for hydroxylation is 3. The van der Waals surface area contributed by atoms with E-state index in [1.807, 2.05) is 63.2 Å². The molecule has 0 spiro atoms. The molecule has 1 aliphatic rings. The van der Waals surface area contributed by atoms with Gasteiger partial charge in [0.05, 0.1) is 16.3 Å². The van der Waals surface area contributed by atoms with Crippen LogP contribution in [0.4, 0.5) is 11.4 Å². The van der Waals surface area contributed by atoms with Crippen LogP contribution in [-0.4, -0.2) is 11.8 Å². The lowest BCUT2D eigenvalue weighted by Crippen LogP contribution is -2.32. The summed E-state index contributed by atoms with van der Waals surface area (Å²) in [7, 11) is 0. The van der Waals surface area contributed by atoms with Gasteiger partial charge in [0.25, 0.3) is 11.8 Å². The number of imide groups is 1. The predicted molar refractivity (Wildman–Crippen MR) is 122 cm³/mol. The van der Waals surface area contributed by atoms with E-state index in [0.29, 0.717) is 21.8 Å². The van der Waals surface area contributed by atoms with Gasteiger partial charge < -0.3 is 5.32 Å². The molecule has 30 heavy (non-hydrogen) atoms. The molecule has 4 rings (SSSR count). The molecule has 0 bridgehead atoms. The number of nitrogens with one attached hydrogen (secondary N) is 1. The third-order valence-electron chi connectivity index (χ3n) is 5.26. The van der Waals surface area contributed by atoms with Crippen LogP contribution in [0.25, 0.3) is 5.57 Å². The number of amides is 2. The highest BCUT2D eigenvalue weighted by molar-refractivity contribution is 6.48. The number of nitrogens with zero attached hydrogens (tertiary/aromatic N) is 1. The highest BCUT2D eigenvalue weighted by Gasteiger charge is 2.41. The number of anilines is 2. The van der Waals surface area contributed by atoms with E-state index in [4.69, 9.17) is 11.6 Å². The molecule has 3 aromatic rings. The standard InChI is InChI=1S/C25H21ClN2O2/c1-15-7-6-8-19(13-15)27-23-22(18-12-11-16(2)17(3)14-18)24(29)28(25(23)30)21-10-5-4-9-20(21)26/h4-14,27H,1-3H3. The van der Waals surface area contributed by atoms with Crippen LogP contribution in [0.3, 0.4) is 0 Å². The summed E-state index contributed by atoms with van der Waals surface area (Å²) in [4.78, 5) is 28.0. The Morgan fingerprint density at radius 1 is 0.800 bits per heavy atom. The Bertz CT molecular complexity index is 1210. The summed E-state index contributed by atoms with van der Waals surface area (Å²) in [6.07, 6.45) is 0. The fraction of sp³-hybridized carbons (Fsp3) is 0.120. The summed E-state index contributed by atoms with van der Waals surface area (Å²) < 4.78 is 0. The molecule has 0 radical (unpaired) electrons. The minimum Gasteiger partial charge on any atom is -0.350 e. The summed E-state index contributed by atoms with van der Waals surface area (Å²) >= 11 is 6.32. The van der Waals surface area contributed by atoms with Crippen molar-refractivity contribution in [2.45, 2.75) is 20.8 Å². The quantitative estimate of drug-likeness (QED) is 0.558. The summed E-state index contributed by atoms with van der Waals surface area (Å²) in [5, 5.41) is 3.53. The van der Waals surface area contributed by atoms with Gasteiger partial charge in [-0.1, -0.05) is 54.1 Å². The SMILES string of the molecule is Cc1cccc(NC2=C(c3ccc(C)c(C)c3)C(=O)N(c3ccccc3Cl)C2=O)c1. The molecule has 5 heteroatoms. The Kier molecular flexibility index (Phi) is 5.18. The monoisotopic (exact) mass is 416 g/mol. The Labute approximate surface area is 180 Å². The molecule has 0 unspecified atom stereocenters. The predicted octanol–water partition coefficient (Wildman–Crippen LogP) is 5.66. The van der Waals surface area contributed by atoms with Crippen molar-refractivity contribution in [1.29, 1.82) is 0 Å². The summed E-state index contributed by atoms with van der Waals surface area (Å²) in [5.74, 6) is -0.825. The van der Waals surface area contributed by atoms with Crippen LogP contribution in [0.1, 0.15) is 22.3 Å². The van der Waals surface area contributed by atoms with Gasteiger partial charge in [0, 0.05) is 5.69 Å². The maximum absolute atomic E-state index is 13.5. The molecule has 0 saturated carbocycles. The lowest BCUT2D eigenvalue weighted by molar-refractivity contribution is -0.120. The molecule has 0 aliphatic carbocycles. The first kappa shape index (κ1) is 19.9. The topological polar surface area (TPSA) is 49.4 Å². The zero-order chi connectivity index (χ0) is 21.4. The van der Waals surface area contributed by atoms with Crippen LogP contribution in [0.2, 0.25) is 5.02 Å². The molecule has 1 aliphatic heterocycles. The number of hydrogen-bond acceptors (Lipinski definition) is 3. The van der Waals surface area contributed by atoms with E-state index >= 15 is 0 Å². The van der Waals surface area contributed by atoms with E-state index in [-0.39, 0.29) is 5.70 Å². The fourth-order valence-corrected chi connectivity index (χ4v) is 3.75. The van der Waals surface area contributed by atoms with Gasteiger partial charge in [0.1, 0.15) is 5.70 Å². The van der Waals surface area contributed by atoms with Crippen molar-refractivity contribution in [2.24, 2.45) is 0 Å². The van der Waals surface area contributed by atoms with Crippen LogP contribution in [0.5, 0.6) is 0 Å². The summed E-state index contributed by atoms with van der Waals surface area (Å²) in [5.41, 5.74) is 5.61. The van der Waals surface area contributed by atoms with Gasteiger partial charge in [0.15, 0.2) is 0 Å². The van der Waals surface area contributed by atoms with Gasteiger partial charge >= 0.3 is 0 Å². The van der Waals surface area contributed by atoms with Crippen LogP contribution in [0.15, 0.2) is 72.4 Å². The molecule has 0 saturated heterocycles. The van der Waals surface area contributed by atoms with Gasteiger partial charge in [-0.2, -0.15) is 0 Å². The van der Waals surface area contributed by atoms with Crippen molar-refractivity contribution >= 4 is 40.4 Å². The minimum atomic E-state index is -0.428. The maximum atomic E-state index is 13.5. The van der Waals surface area contributed by atoms with Gasteiger partial charge in [-0.3, -0.25) is 9.59 Å². The molecule has 0 fully saturated rings. The highest BCUT2D eigenvalue weighted by atomic mass is 35.5. The number of benzene rings is 3. The molecular formula is C25H21ClN2O2. The van der Waals surface area contributed by atoms with Crippen molar-refractivity contribution in [3.8, 4) is 0 Å². The Morgan fingerprint density at radius 2 is 1.57 bits per heavy atom. The zero-order valence-electron chi connectivity index (χ0n) is 17.0. The summed E-state index contributed by atoms with van der Waals surface area (Å²) in [6, 6.07) is 20.3. The molecule has 0 atom stereocenters. The molecule has 150 valence electrons. The van der Waals surface area contributed by atoms with Crippen molar-refractivity contribution in [1.82, 2.24) is 0 Å². The average Bonchev–Trinajstić information content (AvgIpc) is 2.94. The molecule has 1 heterocycles. The van der Waals surface area contributed by atoms with Gasteiger partial charge in [-0.05, 0) is 67.3 Å². The van der Waals surface area contributed by atoms with Crippen LogP contribution < -0.4 is 10.2 Å². The third kappa shape index (κ3) is 3.51. The van der Waals surface area contributed by atoms with E-state index in [9.17, 15) is 9.59 Å². The number of carbonyl (C=O) groups excluding carboxylic acids is 2. The van der Waals surface area contributed by atoms with Crippen LogP contribution >= 0.6 is 11.6 Å². The smallest absolute Gasteiger partial charge is 0.282 e. The second-order valence-electron chi connectivity index (χ2n) is 7.44. The number of para-hydroxylation sites is 1. The summed E-state index contributed by atoms with van der Waals surface area (Å²) in [6.45, 7) is 5.97. The lowest BCUT2D eigenvalue weighted by atomic mass is 9.99. The number of rotatable bonds is 4. The molecule has 3 aromatic carbocycles. The van der Waals surface area contributed by atoms with Crippen LogP contribution in [-0.2, 0) is 9.59 Å². The number of carbonyl (C=O) groups is 2. The molecule has 2 amide bonds. The molecular weight excluding hydrogens is 396 g/mol. The van der Waals surface area contributed by atoms with E-state index in [1.54, 1.807) is 24.3 Å². The van der Waals surface area contributed by atoms with Crippen molar-refractivity contribution in [2.75, 3.05) is 10.2 Å². The zero-order valence-corrected chi connectivity index (χ0v) is 17.7.